The average molecular weight is 321 g/mol. The highest BCUT2D eigenvalue weighted by Crippen LogP contribution is 2.26. The number of nitrogens with two attached hydrogens (primary N) is 1. The lowest BCUT2D eigenvalue weighted by Crippen LogP contribution is -2.31. The van der Waals surface area contributed by atoms with E-state index in [9.17, 15) is 4.79 Å². The smallest absolute Gasteiger partial charge is 0.270 e. The number of halogens is 1. The van der Waals surface area contributed by atoms with Crippen LogP contribution in [0.25, 0.3) is 0 Å². The largest absolute Gasteiger partial charge is 0.493 e. The zero-order chi connectivity index (χ0) is 15.5. The number of fused-ring (bicyclic) bond motifs is 1. The van der Waals surface area contributed by atoms with Gasteiger partial charge in [0.15, 0.2) is 5.82 Å². The molecular weight excluding hydrogens is 304 g/mol. The van der Waals surface area contributed by atoms with Crippen molar-refractivity contribution in [2.24, 2.45) is 5.92 Å². The molecule has 0 saturated carbocycles. The first-order valence-electron chi connectivity index (χ1n) is 7.13. The van der Waals surface area contributed by atoms with Crippen LogP contribution >= 0.6 is 11.6 Å². The van der Waals surface area contributed by atoms with Gasteiger partial charge in [0, 0.05) is 6.54 Å². The van der Waals surface area contributed by atoms with Gasteiger partial charge in [-0.2, -0.15) is 5.10 Å². The second-order valence-electron chi connectivity index (χ2n) is 5.32. The Morgan fingerprint density at radius 3 is 3.09 bits per heavy atom. The van der Waals surface area contributed by atoms with Gasteiger partial charge in [-0.25, -0.2) is 0 Å². The van der Waals surface area contributed by atoms with Crippen LogP contribution in [0.5, 0.6) is 5.75 Å². The summed E-state index contributed by atoms with van der Waals surface area (Å²) in [5.41, 5.74) is 6.89. The molecule has 1 amide bonds. The van der Waals surface area contributed by atoms with Gasteiger partial charge in [0.2, 0.25) is 0 Å². The molecular formula is C15H17ClN4O2. The van der Waals surface area contributed by atoms with E-state index in [1.54, 1.807) is 0 Å². The van der Waals surface area contributed by atoms with Crippen LogP contribution in [-0.4, -0.2) is 29.3 Å². The number of nitrogen functional groups attached to an aromatic ring is 1. The minimum Gasteiger partial charge on any atom is -0.493 e. The zero-order valence-electron chi connectivity index (χ0n) is 11.9. The van der Waals surface area contributed by atoms with Crippen LogP contribution in [0.1, 0.15) is 22.5 Å². The van der Waals surface area contributed by atoms with E-state index in [1.165, 1.54) is 5.56 Å². The Hall–Kier alpha value is -2.21. The lowest BCUT2D eigenvalue weighted by Gasteiger charge is -2.14. The van der Waals surface area contributed by atoms with Gasteiger partial charge in [0.1, 0.15) is 16.5 Å². The van der Waals surface area contributed by atoms with Crippen molar-refractivity contribution in [1.82, 2.24) is 15.5 Å². The summed E-state index contributed by atoms with van der Waals surface area (Å²) in [6.07, 6.45) is 1.75. The quantitative estimate of drug-likeness (QED) is 0.806. The van der Waals surface area contributed by atoms with Crippen LogP contribution in [0.4, 0.5) is 5.82 Å². The third kappa shape index (κ3) is 3.01. The Balaban J connectivity index is 1.62. The van der Waals surface area contributed by atoms with E-state index in [0.29, 0.717) is 19.1 Å². The number of carbonyl (C=O) groups excluding carboxylic acids is 1. The Morgan fingerprint density at radius 1 is 1.50 bits per heavy atom. The maximum Gasteiger partial charge on any atom is 0.270 e. The predicted octanol–water partition coefficient (Wildman–Crippen LogP) is 2.02. The van der Waals surface area contributed by atoms with Crippen LogP contribution in [0.3, 0.4) is 0 Å². The van der Waals surface area contributed by atoms with E-state index >= 15 is 0 Å². The van der Waals surface area contributed by atoms with E-state index in [-0.39, 0.29) is 22.4 Å². The number of carbonyl (C=O) groups is 1. The normalized spacial score (nSPS) is 17.2. The number of para-hydroxylation sites is 1. The number of H-pyrrole nitrogens is 1. The number of nitrogens with zero attached hydrogens (tertiary/aromatic N) is 1. The zero-order valence-corrected chi connectivity index (χ0v) is 12.7. The first-order valence-corrected chi connectivity index (χ1v) is 7.51. The Labute approximate surface area is 133 Å². The molecule has 1 aromatic heterocycles. The van der Waals surface area contributed by atoms with Crippen molar-refractivity contribution < 1.29 is 9.53 Å². The number of amides is 1. The number of hydrogen-bond acceptors (Lipinski definition) is 4. The third-order valence-electron chi connectivity index (χ3n) is 3.78. The van der Waals surface area contributed by atoms with E-state index in [0.717, 1.165) is 18.6 Å². The molecule has 0 saturated heterocycles. The van der Waals surface area contributed by atoms with Crippen LogP contribution in [0.2, 0.25) is 5.02 Å². The average Bonchev–Trinajstić information content (AvgIpc) is 2.75. The molecule has 0 unspecified atom stereocenters. The molecule has 3 rings (SSSR count). The molecule has 0 fully saturated rings. The first-order chi connectivity index (χ1) is 10.6. The summed E-state index contributed by atoms with van der Waals surface area (Å²) in [4.78, 5) is 12.1. The van der Waals surface area contributed by atoms with E-state index in [1.807, 2.05) is 18.2 Å². The maximum absolute atomic E-state index is 12.1. The summed E-state index contributed by atoms with van der Waals surface area (Å²) in [5, 5.41) is 9.30. The van der Waals surface area contributed by atoms with E-state index < -0.39 is 0 Å². The summed E-state index contributed by atoms with van der Waals surface area (Å²) < 4.78 is 5.73. The highest BCUT2D eigenvalue weighted by atomic mass is 35.5. The highest BCUT2D eigenvalue weighted by Gasteiger charge is 2.20. The second-order valence-corrected chi connectivity index (χ2v) is 5.70. The van der Waals surface area contributed by atoms with Crippen molar-refractivity contribution >= 4 is 23.3 Å². The monoisotopic (exact) mass is 320 g/mol. The fraction of sp³-hybridized carbons (Fsp3) is 0.333. The van der Waals surface area contributed by atoms with Crippen LogP contribution in [0.15, 0.2) is 24.3 Å². The molecule has 0 spiro atoms. The third-order valence-corrected chi connectivity index (χ3v) is 4.16. The molecule has 1 aromatic carbocycles. The molecule has 6 nitrogen and oxygen atoms in total. The lowest BCUT2D eigenvalue weighted by molar-refractivity contribution is 0.0940. The molecule has 22 heavy (non-hydrogen) atoms. The number of aromatic amines is 1. The summed E-state index contributed by atoms with van der Waals surface area (Å²) in [7, 11) is 0. The van der Waals surface area contributed by atoms with Gasteiger partial charge in [0.25, 0.3) is 5.91 Å². The van der Waals surface area contributed by atoms with Gasteiger partial charge in [-0.3, -0.25) is 9.89 Å². The standard InChI is InChI=1S/C15H17ClN4O2/c16-12-13(19-20-14(12)17)15(21)18-8-9-5-6-22-11-4-2-1-3-10(11)7-9/h1-4,9H,5-8H2,(H,18,21)(H3,17,19,20)/t9-/m1/s1. The van der Waals surface area contributed by atoms with Gasteiger partial charge in [-0.1, -0.05) is 29.8 Å². The number of nitrogens with one attached hydrogen (secondary N) is 2. The minimum atomic E-state index is -0.298. The molecule has 116 valence electrons. The Kier molecular flexibility index (Phi) is 4.20. The lowest BCUT2D eigenvalue weighted by atomic mass is 9.97. The molecule has 1 atom stereocenters. The van der Waals surface area contributed by atoms with Gasteiger partial charge >= 0.3 is 0 Å². The summed E-state index contributed by atoms with van der Waals surface area (Å²) in [6, 6.07) is 7.99. The van der Waals surface area contributed by atoms with Crippen molar-refractivity contribution in [3.8, 4) is 5.75 Å². The number of rotatable bonds is 3. The van der Waals surface area contributed by atoms with Crippen molar-refractivity contribution in [2.75, 3.05) is 18.9 Å². The molecule has 0 radical (unpaired) electrons. The maximum atomic E-state index is 12.1. The van der Waals surface area contributed by atoms with Crippen LogP contribution in [-0.2, 0) is 6.42 Å². The number of aromatic nitrogens is 2. The molecule has 4 N–H and O–H groups in total. The predicted molar refractivity (Wildman–Crippen MR) is 84.1 cm³/mol. The van der Waals surface area contributed by atoms with Crippen LogP contribution in [0, 0.1) is 5.92 Å². The molecule has 2 heterocycles. The van der Waals surface area contributed by atoms with Crippen LogP contribution < -0.4 is 15.8 Å². The molecule has 7 heteroatoms. The summed E-state index contributed by atoms with van der Waals surface area (Å²) in [6.45, 7) is 1.20. The topological polar surface area (TPSA) is 93.0 Å². The molecule has 0 aliphatic carbocycles. The van der Waals surface area contributed by atoms with E-state index in [2.05, 4.69) is 21.6 Å². The Bertz CT molecular complexity index is 686. The SMILES string of the molecule is Nc1n[nH]c(C(=O)NC[C@@H]2CCOc3ccccc3C2)c1Cl. The van der Waals surface area contributed by atoms with Crippen molar-refractivity contribution in [3.05, 3.63) is 40.5 Å². The molecule has 2 aromatic rings. The number of hydrogen-bond donors (Lipinski definition) is 3. The summed E-state index contributed by atoms with van der Waals surface area (Å²) >= 11 is 5.92. The molecule has 1 aliphatic rings. The second kappa shape index (κ2) is 6.27. The first kappa shape index (κ1) is 14.7. The fourth-order valence-corrected chi connectivity index (χ4v) is 2.72. The Morgan fingerprint density at radius 2 is 2.32 bits per heavy atom. The number of anilines is 1. The summed E-state index contributed by atoms with van der Waals surface area (Å²) in [5.74, 6) is 1.07. The van der Waals surface area contributed by atoms with Gasteiger partial charge < -0.3 is 15.8 Å². The van der Waals surface area contributed by atoms with Gasteiger partial charge in [-0.15, -0.1) is 0 Å². The van der Waals surface area contributed by atoms with Crippen molar-refractivity contribution in [2.45, 2.75) is 12.8 Å². The van der Waals surface area contributed by atoms with E-state index in [4.69, 9.17) is 22.1 Å². The fourth-order valence-electron chi connectivity index (χ4n) is 2.55. The van der Waals surface area contributed by atoms with Crippen molar-refractivity contribution in [3.63, 3.8) is 0 Å². The number of ether oxygens (including phenoxy) is 1. The highest BCUT2D eigenvalue weighted by molar-refractivity contribution is 6.35. The van der Waals surface area contributed by atoms with Gasteiger partial charge in [-0.05, 0) is 30.4 Å². The minimum absolute atomic E-state index is 0.128. The number of benzene rings is 1. The molecule has 0 bridgehead atoms. The van der Waals surface area contributed by atoms with Crippen molar-refractivity contribution in [1.29, 1.82) is 0 Å². The van der Waals surface area contributed by atoms with Gasteiger partial charge in [0.05, 0.1) is 6.61 Å². The molecule has 1 aliphatic heterocycles.